The summed E-state index contributed by atoms with van der Waals surface area (Å²) in [6, 6.07) is 6.66. The average Bonchev–Trinajstić information content (AvgIpc) is 2.76. The van der Waals surface area contributed by atoms with Crippen LogP contribution in [0.15, 0.2) is 18.2 Å². The standard InChI is InChI=1S/C16H25NO2/c1-11-8-9-14(12(11)2)17-10-13-6-5-7-15(18-3)16(13)19-4/h5-7,11-12,14,17H,8-10H2,1-4H3. The summed E-state index contributed by atoms with van der Waals surface area (Å²) in [6.45, 7) is 5.53. The van der Waals surface area contributed by atoms with Crippen LogP contribution in [0, 0.1) is 11.8 Å². The van der Waals surface area contributed by atoms with Crippen molar-refractivity contribution in [2.24, 2.45) is 11.8 Å². The Labute approximate surface area is 116 Å². The van der Waals surface area contributed by atoms with Crippen molar-refractivity contribution in [1.29, 1.82) is 0 Å². The lowest BCUT2D eigenvalue weighted by molar-refractivity contribution is 0.343. The highest BCUT2D eigenvalue weighted by Gasteiger charge is 2.29. The molecule has 0 radical (unpaired) electrons. The zero-order chi connectivity index (χ0) is 13.8. The van der Waals surface area contributed by atoms with E-state index in [0.717, 1.165) is 35.4 Å². The minimum Gasteiger partial charge on any atom is -0.493 e. The molecule has 3 unspecified atom stereocenters. The van der Waals surface area contributed by atoms with E-state index in [-0.39, 0.29) is 0 Å². The molecule has 1 aliphatic carbocycles. The predicted octanol–water partition coefficient (Wildman–Crippen LogP) is 3.23. The SMILES string of the molecule is COc1cccc(CNC2CCC(C)C2C)c1OC. The number of hydrogen-bond donors (Lipinski definition) is 1. The van der Waals surface area contributed by atoms with E-state index >= 15 is 0 Å². The molecule has 0 heterocycles. The van der Waals surface area contributed by atoms with Gasteiger partial charge in [-0.05, 0) is 30.7 Å². The zero-order valence-corrected chi connectivity index (χ0v) is 12.4. The maximum Gasteiger partial charge on any atom is 0.165 e. The first-order valence-corrected chi connectivity index (χ1v) is 7.10. The van der Waals surface area contributed by atoms with Gasteiger partial charge < -0.3 is 14.8 Å². The van der Waals surface area contributed by atoms with E-state index < -0.39 is 0 Å². The van der Waals surface area contributed by atoms with Crippen molar-refractivity contribution in [1.82, 2.24) is 5.32 Å². The van der Waals surface area contributed by atoms with Crippen LogP contribution in [0.25, 0.3) is 0 Å². The van der Waals surface area contributed by atoms with Crippen molar-refractivity contribution in [2.45, 2.75) is 39.3 Å². The Balaban J connectivity index is 2.03. The molecule has 3 heteroatoms. The fourth-order valence-corrected chi connectivity index (χ4v) is 2.99. The number of benzene rings is 1. The zero-order valence-electron chi connectivity index (χ0n) is 12.4. The Kier molecular flexibility index (Phi) is 4.70. The third-order valence-corrected chi connectivity index (χ3v) is 4.50. The average molecular weight is 263 g/mol. The molecule has 1 aromatic rings. The van der Waals surface area contributed by atoms with Crippen LogP contribution >= 0.6 is 0 Å². The number of rotatable bonds is 5. The molecule has 0 aromatic heterocycles. The predicted molar refractivity (Wildman–Crippen MR) is 77.7 cm³/mol. The molecule has 0 spiro atoms. The Hall–Kier alpha value is -1.22. The molecule has 0 bridgehead atoms. The van der Waals surface area contributed by atoms with E-state index in [0.29, 0.717) is 6.04 Å². The van der Waals surface area contributed by atoms with Crippen LogP contribution in [-0.2, 0) is 6.54 Å². The van der Waals surface area contributed by atoms with Crippen LogP contribution in [0.5, 0.6) is 11.5 Å². The number of methoxy groups -OCH3 is 2. The molecule has 0 aliphatic heterocycles. The van der Waals surface area contributed by atoms with E-state index in [1.165, 1.54) is 12.8 Å². The van der Waals surface area contributed by atoms with E-state index in [1.807, 2.05) is 12.1 Å². The van der Waals surface area contributed by atoms with Crippen molar-refractivity contribution in [3.05, 3.63) is 23.8 Å². The lowest BCUT2D eigenvalue weighted by Crippen LogP contribution is -2.32. The molecule has 2 rings (SSSR count). The summed E-state index contributed by atoms with van der Waals surface area (Å²) < 4.78 is 10.8. The van der Waals surface area contributed by atoms with Gasteiger partial charge in [0, 0.05) is 18.2 Å². The summed E-state index contributed by atoms with van der Waals surface area (Å²) >= 11 is 0. The number of hydrogen-bond acceptors (Lipinski definition) is 3. The molecule has 1 saturated carbocycles. The Morgan fingerprint density at radius 1 is 1.16 bits per heavy atom. The van der Waals surface area contributed by atoms with Crippen molar-refractivity contribution in [3.63, 3.8) is 0 Å². The van der Waals surface area contributed by atoms with E-state index in [1.54, 1.807) is 14.2 Å². The fourth-order valence-electron chi connectivity index (χ4n) is 2.99. The van der Waals surface area contributed by atoms with Gasteiger partial charge in [-0.15, -0.1) is 0 Å². The Morgan fingerprint density at radius 3 is 2.53 bits per heavy atom. The highest BCUT2D eigenvalue weighted by molar-refractivity contribution is 5.46. The number of ether oxygens (including phenoxy) is 2. The van der Waals surface area contributed by atoms with E-state index in [4.69, 9.17) is 9.47 Å². The number of nitrogens with one attached hydrogen (secondary N) is 1. The molecule has 106 valence electrons. The third kappa shape index (κ3) is 3.03. The van der Waals surface area contributed by atoms with Gasteiger partial charge >= 0.3 is 0 Å². The van der Waals surface area contributed by atoms with Crippen LogP contribution in [0.4, 0.5) is 0 Å². The Morgan fingerprint density at radius 2 is 1.95 bits per heavy atom. The van der Waals surface area contributed by atoms with Crippen molar-refractivity contribution in [3.8, 4) is 11.5 Å². The van der Waals surface area contributed by atoms with Gasteiger partial charge in [-0.25, -0.2) is 0 Å². The van der Waals surface area contributed by atoms with Crippen LogP contribution in [0.2, 0.25) is 0 Å². The molecule has 3 atom stereocenters. The Bertz CT molecular complexity index is 419. The van der Waals surface area contributed by atoms with Gasteiger partial charge in [0.25, 0.3) is 0 Å². The van der Waals surface area contributed by atoms with Crippen molar-refractivity contribution >= 4 is 0 Å². The lowest BCUT2D eigenvalue weighted by Gasteiger charge is -2.21. The van der Waals surface area contributed by atoms with Gasteiger partial charge in [0.15, 0.2) is 11.5 Å². The van der Waals surface area contributed by atoms with Crippen LogP contribution in [0.1, 0.15) is 32.3 Å². The van der Waals surface area contributed by atoms with Crippen LogP contribution in [-0.4, -0.2) is 20.3 Å². The number of para-hydroxylation sites is 1. The van der Waals surface area contributed by atoms with Crippen LogP contribution in [0.3, 0.4) is 0 Å². The second kappa shape index (κ2) is 6.29. The first-order chi connectivity index (χ1) is 9.17. The molecule has 3 nitrogen and oxygen atoms in total. The lowest BCUT2D eigenvalue weighted by atomic mass is 9.97. The minimum atomic E-state index is 0.617. The van der Waals surface area contributed by atoms with Crippen molar-refractivity contribution < 1.29 is 9.47 Å². The highest BCUT2D eigenvalue weighted by Crippen LogP contribution is 2.33. The summed E-state index contributed by atoms with van der Waals surface area (Å²) in [4.78, 5) is 0. The summed E-state index contributed by atoms with van der Waals surface area (Å²) in [5.74, 6) is 3.21. The van der Waals surface area contributed by atoms with Crippen LogP contribution < -0.4 is 14.8 Å². The topological polar surface area (TPSA) is 30.5 Å². The molecule has 0 saturated heterocycles. The summed E-state index contributed by atoms with van der Waals surface area (Å²) in [7, 11) is 3.37. The second-order valence-electron chi connectivity index (χ2n) is 5.55. The first-order valence-electron chi connectivity index (χ1n) is 7.10. The largest absolute Gasteiger partial charge is 0.493 e. The maximum atomic E-state index is 5.47. The molecule has 1 aromatic carbocycles. The van der Waals surface area contributed by atoms with Gasteiger partial charge in [-0.1, -0.05) is 26.0 Å². The van der Waals surface area contributed by atoms with Gasteiger partial charge in [0.1, 0.15) is 0 Å². The molecular formula is C16H25NO2. The smallest absolute Gasteiger partial charge is 0.165 e. The van der Waals surface area contributed by atoms with Gasteiger partial charge in [0.05, 0.1) is 14.2 Å². The van der Waals surface area contributed by atoms with E-state index in [2.05, 4.69) is 25.2 Å². The summed E-state index contributed by atoms with van der Waals surface area (Å²) in [5, 5.41) is 3.67. The summed E-state index contributed by atoms with van der Waals surface area (Å²) in [6.07, 6.45) is 2.60. The van der Waals surface area contributed by atoms with Crippen molar-refractivity contribution in [2.75, 3.05) is 14.2 Å². The minimum absolute atomic E-state index is 0.617. The highest BCUT2D eigenvalue weighted by atomic mass is 16.5. The molecule has 1 N–H and O–H groups in total. The monoisotopic (exact) mass is 263 g/mol. The molecule has 0 amide bonds. The first kappa shape index (κ1) is 14.2. The molecule has 1 fully saturated rings. The fraction of sp³-hybridized carbons (Fsp3) is 0.625. The maximum absolute atomic E-state index is 5.47. The second-order valence-corrected chi connectivity index (χ2v) is 5.55. The van der Waals surface area contributed by atoms with E-state index in [9.17, 15) is 0 Å². The summed E-state index contributed by atoms with van der Waals surface area (Å²) in [5.41, 5.74) is 1.16. The van der Waals surface area contributed by atoms with Gasteiger partial charge in [-0.3, -0.25) is 0 Å². The quantitative estimate of drug-likeness (QED) is 0.884. The normalized spacial score (nSPS) is 26.4. The third-order valence-electron chi connectivity index (χ3n) is 4.50. The van der Waals surface area contributed by atoms with Gasteiger partial charge in [0.2, 0.25) is 0 Å². The molecule has 19 heavy (non-hydrogen) atoms. The molecular weight excluding hydrogens is 238 g/mol. The van der Waals surface area contributed by atoms with Gasteiger partial charge in [-0.2, -0.15) is 0 Å². The molecule has 1 aliphatic rings.